The van der Waals surface area contributed by atoms with Gasteiger partial charge in [0.05, 0.1) is 23.3 Å². The SMILES string of the molecule is CCOC(=O)C1=Cc2ccc(-c3cccc(C(=O)NCCC(C)(C)OCCC(C)(C)C(=O)Oc4c(F)c(F)cc(F)c4F)c3)cc2N=C(N)C1. The largest absolute Gasteiger partial charge is 0.463 e. The number of carbonyl (C=O) groups excluding carboxylic acids is 3. The molecule has 266 valence electrons. The van der Waals surface area contributed by atoms with Gasteiger partial charge < -0.3 is 25.3 Å². The van der Waals surface area contributed by atoms with Crippen LogP contribution in [0.1, 0.15) is 69.8 Å². The fraction of sp³-hybridized carbons (Fsp3) is 0.351. The number of amides is 1. The quantitative estimate of drug-likeness (QED) is 0.0838. The number of carbonyl (C=O) groups is 3. The van der Waals surface area contributed by atoms with Crippen LogP contribution < -0.4 is 15.8 Å². The van der Waals surface area contributed by atoms with E-state index in [-0.39, 0.29) is 50.4 Å². The normalized spacial score (nSPS) is 13.1. The lowest BCUT2D eigenvalue weighted by Crippen LogP contribution is -2.35. The van der Waals surface area contributed by atoms with Crippen LogP contribution in [0.5, 0.6) is 5.75 Å². The number of ether oxygens (including phenoxy) is 3. The summed E-state index contributed by atoms with van der Waals surface area (Å²) in [5.41, 5.74) is 7.71. The van der Waals surface area contributed by atoms with Crippen LogP contribution in [0.3, 0.4) is 0 Å². The monoisotopic (exact) mass is 697 g/mol. The Balaban J connectivity index is 1.32. The van der Waals surface area contributed by atoms with E-state index in [1.165, 1.54) is 13.8 Å². The summed E-state index contributed by atoms with van der Waals surface area (Å²) in [6.45, 7) is 8.74. The Morgan fingerprint density at radius 2 is 1.60 bits per heavy atom. The first-order valence-electron chi connectivity index (χ1n) is 15.9. The van der Waals surface area contributed by atoms with Crippen molar-refractivity contribution < 1.29 is 46.2 Å². The molecule has 9 nitrogen and oxygen atoms in total. The maximum Gasteiger partial charge on any atom is 0.334 e. The van der Waals surface area contributed by atoms with E-state index in [0.717, 1.165) is 11.1 Å². The van der Waals surface area contributed by atoms with Crippen molar-refractivity contribution in [2.24, 2.45) is 16.1 Å². The first-order valence-corrected chi connectivity index (χ1v) is 15.9. The summed E-state index contributed by atoms with van der Waals surface area (Å²) in [4.78, 5) is 42.5. The van der Waals surface area contributed by atoms with Gasteiger partial charge in [-0.15, -0.1) is 0 Å². The van der Waals surface area contributed by atoms with Crippen LogP contribution >= 0.6 is 0 Å². The third-order valence-electron chi connectivity index (χ3n) is 8.04. The number of nitrogens with two attached hydrogens (primary N) is 1. The number of esters is 2. The highest BCUT2D eigenvalue weighted by atomic mass is 19.2. The van der Waals surface area contributed by atoms with Crippen molar-refractivity contribution in [2.45, 2.75) is 59.5 Å². The zero-order valence-electron chi connectivity index (χ0n) is 28.4. The molecule has 0 atom stereocenters. The van der Waals surface area contributed by atoms with Crippen LogP contribution in [0.4, 0.5) is 23.2 Å². The number of benzene rings is 3. The lowest BCUT2D eigenvalue weighted by Gasteiger charge is -2.28. The highest BCUT2D eigenvalue weighted by molar-refractivity contribution is 6.03. The fourth-order valence-corrected chi connectivity index (χ4v) is 4.97. The third-order valence-corrected chi connectivity index (χ3v) is 8.04. The number of hydrogen-bond acceptors (Lipinski definition) is 8. The van der Waals surface area contributed by atoms with E-state index in [1.54, 1.807) is 45.0 Å². The number of halogens is 4. The number of fused-ring (bicyclic) bond motifs is 1. The van der Waals surface area contributed by atoms with Gasteiger partial charge in [-0.05, 0) is 82.9 Å². The molecule has 0 radical (unpaired) electrons. The number of rotatable bonds is 13. The molecule has 0 fully saturated rings. The topological polar surface area (TPSA) is 129 Å². The van der Waals surface area contributed by atoms with E-state index < -0.39 is 52.0 Å². The van der Waals surface area contributed by atoms with Gasteiger partial charge in [0.15, 0.2) is 11.6 Å². The highest BCUT2D eigenvalue weighted by Gasteiger charge is 2.33. The molecule has 1 amide bonds. The molecule has 1 heterocycles. The lowest BCUT2D eigenvalue weighted by atomic mass is 9.90. The summed E-state index contributed by atoms with van der Waals surface area (Å²) in [6, 6.07) is 12.6. The molecule has 3 aromatic carbocycles. The number of hydrogen-bond donors (Lipinski definition) is 2. The van der Waals surface area contributed by atoms with E-state index in [0.29, 0.717) is 28.8 Å². The average molecular weight is 698 g/mol. The van der Waals surface area contributed by atoms with E-state index in [1.807, 2.05) is 24.3 Å². The molecular weight excluding hydrogens is 658 g/mol. The summed E-state index contributed by atoms with van der Waals surface area (Å²) in [7, 11) is 0. The molecule has 0 bridgehead atoms. The smallest absolute Gasteiger partial charge is 0.334 e. The third kappa shape index (κ3) is 9.35. The van der Waals surface area contributed by atoms with E-state index in [9.17, 15) is 31.9 Å². The van der Waals surface area contributed by atoms with E-state index in [2.05, 4.69) is 10.3 Å². The second-order valence-corrected chi connectivity index (χ2v) is 13.0. The standard InChI is InChI=1S/C37H39F4N3O6/c1-6-48-34(46)25-17-23-11-10-22(18-28(23)44-29(42)19-25)21-8-7-9-24(16-21)33(45)43-14-12-37(4,5)49-15-13-36(2,3)35(47)50-32-30(40)26(38)20-27(39)31(32)41/h7-11,16-18,20H,6,12-15,19H2,1-5H3,(H2,42,44)(H,43,45). The summed E-state index contributed by atoms with van der Waals surface area (Å²) in [6.07, 6.45) is 2.33. The molecule has 0 aromatic heterocycles. The summed E-state index contributed by atoms with van der Waals surface area (Å²) < 4.78 is 70.8. The Morgan fingerprint density at radius 3 is 2.28 bits per heavy atom. The van der Waals surface area contributed by atoms with Crippen LogP contribution in [0, 0.1) is 28.7 Å². The van der Waals surface area contributed by atoms with Gasteiger partial charge in [0.2, 0.25) is 17.4 Å². The van der Waals surface area contributed by atoms with Gasteiger partial charge in [-0.2, -0.15) is 8.78 Å². The van der Waals surface area contributed by atoms with Crippen molar-refractivity contribution in [2.75, 3.05) is 19.8 Å². The minimum atomic E-state index is -1.81. The van der Waals surface area contributed by atoms with Gasteiger partial charge in [0.25, 0.3) is 5.91 Å². The van der Waals surface area contributed by atoms with Crippen molar-refractivity contribution in [1.29, 1.82) is 0 Å². The number of aliphatic imine (C=N–C) groups is 1. The molecule has 50 heavy (non-hydrogen) atoms. The molecule has 1 aliphatic rings. The zero-order valence-corrected chi connectivity index (χ0v) is 28.4. The van der Waals surface area contributed by atoms with Gasteiger partial charge in [-0.25, -0.2) is 18.6 Å². The fourth-order valence-electron chi connectivity index (χ4n) is 4.97. The van der Waals surface area contributed by atoms with Crippen LogP contribution in [-0.2, 0) is 19.1 Å². The van der Waals surface area contributed by atoms with Gasteiger partial charge in [0, 0.05) is 42.3 Å². The van der Waals surface area contributed by atoms with Crippen LogP contribution in [0.2, 0.25) is 0 Å². The summed E-state index contributed by atoms with van der Waals surface area (Å²) in [5, 5.41) is 2.88. The van der Waals surface area contributed by atoms with Gasteiger partial charge in [-0.3, -0.25) is 9.59 Å². The number of amidine groups is 1. The summed E-state index contributed by atoms with van der Waals surface area (Å²) in [5.74, 6) is -10.0. The molecule has 3 N–H and O–H groups in total. The Labute approximate surface area is 287 Å². The molecule has 1 aliphatic heterocycles. The maximum absolute atomic E-state index is 14.0. The predicted octanol–water partition coefficient (Wildman–Crippen LogP) is 7.19. The molecular formula is C37H39F4N3O6. The molecule has 0 unspecified atom stereocenters. The minimum Gasteiger partial charge on any atom is -0.463 e. The molecule has 0 spiro atoms. The zero-order chi connectivity index (χ0) is 36.8. The van der Waals surface area contributed by atoms with Crippen LogP contribution in [0.25, 0.3) is 17.2 Å². The van der Waals surface area contributed by atoms with Crippen molar-refractivity contribution in [3.8, 4) is 16.9 Å². The minimum absolute atomic E-state index is 0.0246. The lowest BCUT2D eigenvalue weighted by molar-refractivity contribution is -0.146. The molecule has 0 saturated carbocycles. The van der Waals surface area contributed by atoms with Gasteiger partial charge >= 0.3 is 11.9 Å². The highest BCUT2D eigenvalue weighted by Crippen LogP contribution is 2.33. The van der Waals surface area contributed by atoms with E-state index in [4.69, 9.17) is 19.9 Å². The molecule has 13 heteroatoms. The number of nitrogens with zero attached hydrogens (tertiary/aromatic N) is 1. The molecule has 4 rings (SSSR count). The van der Waals surface area contributed by atoms with Gasteiger partial charge in [0.1, 0.15) is 5.84 Å². The van der Waals surface area contributed by atoms with Crippen molar-refractivity contribution in [3.63, 3.8) is 0 Å². The van der Waals surface area contributed by atoms with Crippen molar-refractivity contribution in [3.05, 3.63) is 88.5 Å². The Kier molecular flexibility index (Phi) is 11.8. The molecule has 0 aliphatic carbocycles. The average Bonchev–Trinajstić information content (AvgIpc) is 3.23. The van der Waals surface area contributed by atoms with E-state index >= 15 is 0 Å². The maximum atomic E-state index is 14.0. The molecule has 0 saturated heterocycles. The second-order valence-electron chi connectivity index (χ2n) is 13.0. The van der Waals surface area contributed by atoms with Crippen LogP contribution in [-0.4, -0.2) is 49.0 Å². The van der Waals surface area contributed by atoms with Crippen molar-refractivity contribution >= 4 is 35.4 Å². The molecule has 3 aromatic rings. The Hall–Kier alpha value is -5.04. The van der Waals surface area contributed by atoms with Crippen LogP contribution in [0.15, 0.2) is 59.1 Å². The first-order chi connectivity index (χ1) is 23.5. The van der Waals surface area contributed by atoms with Crippen molar-refractivity contribution in [1.82, 2.24) is 5.32 Å². The second kappa shape index (κ2) is 15.7. The van der Waals surface area contributed by atoms with Gasteiger partial charge in [-0.1, -0.05) is 24.3 Å². The first kappa shape index (κ1) is 37.8. The predicted molar refractivity (Wildman–Crippen MR) is 180 cm³/mol. The summed E-state index contributed by atoms with van der Waals surface area (Å²) >= 11 is 0. The number of nitrogens with one attached hydrogen (secondary N) is 1. The Bertz CT molecular complexity index is 1830. The Morgan fingerprint density at radius 1 is 0.920 bits per heavy atom.